The molecule has 0 radical (unpaired) electrons. The molecule has 2 aliphatic rings. The molecule has 0 bridgehead atoms. The van der Waals surface area contributed by atoms with Gasteiger partial charge in [0.05, 0.1) is 43.3 Å². The lowest BCUT2D eigenvalue weighted by Gasteiger charge is -2.24. The molecule has 30 heavy (non-hydrogen) atoms. The Labute approximate surface area is 173 Å². The Morgan fingerprint density at radius 2 is 0.900 bits per heavy atom. The number of H-pyrrole nitrogens is 4. The van der Waals surface area contributed by atoms with E-state index in [2.05, 4.69) is 30.6 Å². The van der Waals surface area contributed by atoms with Crippen LogP contribution in [0.25, 0.3) is 22.1 Å². The molecule has 4 heterocycles. The summed E-state index contributed by atoms with van der Waals surface area (Å²) in [6.45, 7) is 0. The van der Waals surface area contributed by atoms with Gasteiger partial charge in [-0.2, -0.15) is 0 Å². The summed E-state index contributed by atoms with van der Waals surface area (Å²) in [5.41, 5.74) is 2.83. The molecule has 0 fully saturated rings. The molecule has 10 nitrogen and oxygen atoms in total. The van der Waals surface area contributed by atoms with Crippen LogP contribution in [0.3, 0.4) is 0 Å². The maximum atomic E-state index is 12.8. The Morgan fingerprint density at radius 1 is 0.533 bits per heavy atom. The number of fused-ring (bicyclic) bond motifs is 4. The molecular formula is C18H10N6O4S2. The van der Waals surface area contributed by atoms with Gasteiger partial charge in [0.15, 0.2) is 0 Å². The van der Waals surface area contributed by atoms with E-state index in [-0.39, 0.29) is 21.2 Å². The molecule has 0 spiro atoms. The summed E-state index contributed by atoms with van der Waals surface area (Å²) in [5.74, 6) is -0.802. The number of carbonyl (C=O) groups is 2. The molecule has 2 amide bonds. The van der Waals surface area contributed by atoms with Crippen LogP contribution >= 0.6 is 23.5 Å². The van der Waals surface area contributed by atoms with Crippen LogP contribution in [0.15, 0.2) is 53.5 Å². The highest BCUT2D eigenvalue weighted by molar-refractivity contribution is 8.08. The standard InChI is InChI=1S/C18H10N6O4S2/c25-15-13(29-11-3-7-5(1-9(11)19-15)21-17(27)23-7)14-16(26)20-10-2-6-8(4-12(10)30-14)24-18(28)22-6/h1-4H,(H,19,25)(H,20,26)(H2,21,23,27)(H2,22,24,28)/b14-13-. The predicted octanol–water partition coefficient (Wildman–Crippen LogP) is 2.03. The number of rotatable bonds is 0. The van der Waals surface area contributed by atoms with Crippen molar-refractivity contribution in [2.45, 2.75) is 9.79 Å². The number of imidazole rings is 2. The third-order valence-electron chi connectivity index (χ3n) is 4.77. The Bertz CT molecular complexity index is 1470. The van der Waals surface area contributed by atoms with Crippen molar-refractivity contribution in [2.24, 2.45) is 0 Å². The maximum Gasteiger partial charge on any atom is 0.323 e. The smallest absolute Gasteiger partial charge is 0.320 e. The number of aromatic nitrogens is 4. The first kappa shape index (κ1) is 17.2. The van der Waals surface area contributed by atoms with E-state index >= 15 is 0 Å². The summed E-state index contributed by atoms with van der Waals surface area (Å²) in [4.78, 5) is 61.2. The minimum absolute atomic E-state index is 0.260. The van der Waals surface area contributed by atoms with Crippen LogP contribution in [0, 0.1) is 0 Å². The highest BCUT2D eigenvalue weighted by atomic mass is 32.2. The highest BCUT2D eigenvalue weighted by Crippen LogP contribution is 2.47. The van der Waals surface area contributed by atoms with Crippen molar-refractivity contribution in [1.82, 2.24) is 19.9 Å². The Morgan fingerprint density at radius 3 is 1.30 bits per heavy atom. The molecule has 0 saturated carbocycles. The lowest BCUT2D eigenvalue weighted by atomic mass is 10.2. The third-order valence-corrected chi connectivity index (χ3v) is 7.20. The average molecular weight is 438 g/mol. The summed E-state index contributed by atoms with van der Waals surface area (Å²) in [5, 5.41) is 5.57. The number of amides is 2. The van der Waals surface area contributed by atoms with Gasteiger partial charge in [0.1, 0.15) is 0 Å². The Kier molecular flexibility index (Phi) is 3.41. The largest absolute Gasteiger partial charge is 0.323 e. The van der Waals surface area contributed by atoms with Crippen molar-refractivity contribution < 1.29 is 9.59 Å². The molecule has 0 aliphatic carbocycles. The summed E-state index contributed by atoms with van der Waals surface area (Å²) in [7, 11) is 0. The maximum absolute atomic E-state index is 12.8. The number of anilines is 2. The minimum Gasteiger partial charge on any atom is -0.320 e. The SMILES string of the molecule is O=C1Nc2cc3[nH]c(=O)[nH]c3cc2S/C1=C1\Sc2cc3[nH]c(=O)[nH]c3cc2NC1=O. The number of aromatic amines is 4. The monoisotopic (exact) mass is 438 g/mol. The van der Waals surface area contributed by atoms with Gasteiger partial charge in [-0.3, -0.25) is 9.59 Å². The third kappa shape index (κ3) is 2.54. The predicted molar refractivity (Wildman–Crippen MR) is 114 cm³/mol. The molecule has 6 N–H and O–H groups in total. The number of hydrogen-bond donors (Lipinski definition) is 6. The van der Waals surface area contributed by atoms with Crippen molar-refractivity contribution in [1.29, 1.82) is 0 Å². The zero-order valence-corrected chi connectivity index (χ0v) is 16.4. The number of hydrogen-bond acceptors (Lipinski definition) is 6. The van der Waals surface area contributed by atoms with Gasteiger partial charge in [0.25, 0.3) is 11.8 Å². The van der Waals surface area contributed by atoms with Gasteiger partial charge in [-0.05, 0) is 24.3 Å². The highest BCUT2D eigenvalue weighted by Gasteiger charge is 2.32. The van der Waals surface area contributed by atoms with Gasteiger partial charge < -0.3 is 30.6 Å². The normalized spacial score (nSPS) is 18.3. The molecular weight excluding hydrogens is 428 g/mol. The second-order valence-corrected chi connectivity index (χ2v) is 8.82. The molecule has 2 aliphatic heterocycles. The van der Waals surface area contributed by atoms with Crippen LogP contribution in [0.1, 0.15) is 0 Å². The number of nitrogens with one attached hydrogen (secondary N) is 6. The van der Waals surface area contributed by atoms with Gasteiger partial charge in [-0.1, -0.05) is 23.5 Å². The minimum atomic E-state index is -0.401. The van der Waals surface area contributed by atoms with Crippen LogP contribution in [0.4, 0.5) is 11.4 Å². The topological polar surface area (TPSA) is 155 Å². The Balaban J connectivity index is 1.46. The molecule has 6 rings (SSSR count). The van der Waals surface area contributed by atoms with Crippen LogP contribution < -0.4 is 22.0 Å². The lowest BCUT2D eigenvalue weighted by Crippen LogP contribution is -2.24. The fourth-order valence-corrected chi connectivity index (χ4v) is 5.60. The van der Waals surface area contributed by atoms with Crippen LogP contribution in [-0.2, 0) is 9.59 Å². The van der Waals surface area contributed by atoms with Gasteiger partial charge in [-0.15, -0.1) is 0 Å². The van der Waals surface area contributed by atoms with E-state index in [1.54, 1.807) is 24.3 Å². The second-order valence-electron chi connectivity index (χ2n) is 6.72. The summed E-state index contributed by atoms with van der Waals surface area (Å²) in [6.07, 6.45) is 0. The number of benzene rings is 2. The molecule has 4 aromatic rings. The van der Waals surface area contributed by atoms with Crippen molar-refractivity contribution in [3.8, 4) is 0 Å². The molecule has 12 heteroatoms. The molecule has 148 valence electrons. The van der Waals surface area contributed by atoms with E-state index in [4.69, 9.17) is 0 Å². The van der Waals surface area contributed by atoms with E-state index in [1.807, 2.05) is 0 Å². The molecule has 2 aromatic heterocycles. The van der Waals surface area contributed by atoms with Crippen LogP contribution in [-0.4, -0.2) is 31.8 Å². The number of thioether (sulfide) groups is 2. The first-order valence-electron chi connectivity index (χ1n) is 8.69. The van der Waals surface area contributed by atoms with E-state index < -0.39 is 11.8 Å². The van der Waals surface area contributed by atoms with Gasteiger partial charge in [-0.25, -0.2) is 9.59 Å². The first-order chi connectivity index (χ1) is 14.4. The molecule has 2 aromatic carbocycles. The fraction of sp³-hybridized carbons (Fsp3) is 0. The van der Waals surface area contributed by atoms with Crippen molar-refractivity contribution in [2.75, 3.05) is 10.6 Å². The average Bonchev–Trinajstić information content (AvgIpc) is 3.23. The van der Waals surface area contributed by atoms with E-state index in [1.165, 1.54) is 23.5 Å². The lowest BCUT2D eigenvalue weighted by molar-refractivity contribution is -0.114. The quantitative estimate of drug-likeness (QED) is 0.231. The summed E-state index contributed by atoms with van der Waals surface area (Å²) < 4.78 is 0. The van der Waals surface area contributed by atoms with Crippen LogP contribution in [0.2, 0.25) is 0 Å². The second kappa shape index (κ2) is 5.93. The van der Waals surface area contributed by atoms with Gasteiger partial charge in [0.2, 0.25) is 0 Å². The molecule has 0 saturated heterocycles. The summed E-state index contributed by atoms with van der Waals surface area (Å²) in [6, 6.07) is 6.86. The van der Waals surface area contributed by atoms with E-state index in [0.29, 0.717) is 43.2 Å². The van der Waals surface area contributed by atoms with Gasteiger partial charge >= 0.3 is 11.4 Å². The van der Waals surface area contributed by atoms with E-state index in [0.717, 1.165) is 0 Å². The number of carbonyl (C=O) groups excluding carboxylic acids is 2. The zero-order valence-electron chi connectivity index (χ0n) is 14.8. The van der Waals surface area contributed by atoms with Crippen LogP contribution in [0.5, 0.6) is 0 Å². The Hall–Kier alpha value is -3.64. The van der Waals surface area contributed by atoms with Crippen molar-refractivity contribution in [3.63, 3.8) is 0 Å². The summed E-state index contributed by atoms with van der Waals surface area (Å²) >= 11 is 2.34. The molecule has 0 unspecified atom stereocenters. The van der Waals surface area contributed by atoms with Gasteiger partial charge in [0, 0.05) is 9.79 Å². The fourth-order valence-electron chi connectivity index (χ4n) is 3.46. The zero-order chi connectivity index (χ0) is 20.6. The van der Waals surface area contributed by atoms with Crippen molar-refractivity contribution in [3.05, 3.63) is 55.0 Å². The van der Waals surface area contributed by atoms with E-state index in [9.17, 15) is 19.2 Å². The molecule has 0 atom stereocenters. The van der Waals surface area contributed by atoms with Crippen molar-refractivity contribution >= 4 is 68.8 Å². The first-order valence-corrected chi connectivity index (χ1v) is 10.3.